The lowest BCUT2D eigenvalue weighted by molar-refractivity contribution is -0.114. The van der Waals surface area contributed by atoms with Gasteiger partial charge in [-0.05, 0) is 20.3 Å². The molecule has 0 heterocycles. The molecule has 5 heteroatoms. The van der Waals surface area contributed by atoms with Crippen LogP contribution in [0.1, 0.15) is 27.2 Å². The zero-order valence-corrected chi connectivity index (χ0v) is 9.55. The molecule has 0 saturated carbocycles. The first-order valence-corrected chi connectivity index (χ1v) is 4.99. The van der Waals surface area contributed by atoms with Crippen LogP contribution in [0.5, 0.6) is 0 Å². The van der Waals surface area contributed by atoms with Gasteiger partial charge in [-0.1, -0.05) is 6.08 Å². The zero-order valence-electron chi connectivity index (χ0n) is 9.55. The topological polar surface area (TPSA) is 91.0 Å². The number of nitrogens with two attached hydrogens (primary N) is 1. The summed E-state index contributed by atoms with van der Waals surface area (Å²) < 4.78 is 0. The third kappa shape index (κ3) is 7.54. The SMILES string of the molecule is CC(=O)/C(=C/CCNC(=N)N)NC(C)C. The van der Waals surface area contributed by atoms with Crippen molar-refractivity contribution in [1.82, 2.24) is 10.6 Å². The summed E-state index contributed by atoms with van der Waals surface area (Å²) >= 11 is 0. The van der Waals surface area contributed by atoms with Crippen LogP contribution in [-0.4, -0.2) is 24.3 Å². The van der Waals surface area contributed by atoms with Gasteiger partial charge in [0.1, 0.15) is 0 Å². The molecule has 0 radical (unpaired) electrons. The second kappa shape index (κ2) is 6.86. The van der Waals surface area contributed by atoms with Gasteiger partial charge in [0.05, 0.1) is 5.70 Å². The Labute approximate surface area is 90.6 Å². The third-order valence-electron chi connectivity index (χ3n) is 1.63. The minimum Gasteiger partial charge on any atom is -0.380 e. The van der Waals surface area contributed by atoms with Gasteiger partial charge < -0.3 is 16.4 Å². The molecule has 0 atom stereocenters. The van der Waals surface area contributed by atoms with Crippen LogP contribution >= 0.6 is 0 Å². The van der Waals surface area contributed by atoms with E-state index < -0.39 is 0 Å². The van der Waals surface area contributed by atoms with Crippen molar-refractivity contribution in [2.75, 3.05) is 6.54 Å². The standard InChI is InChI=1S/C10H20N4O/c1-7(2)14-9(8(3)15)5-4-6-13-10(11)12/h5,7,14H,4,6H2,1-3H3,(H4,11,12,13)/b9-5-. The van der Waals surface area contributed by atoms with Gasteiger partial charge in [0, 0.05) is 19.5 Å². The third-order valence-corrected chi connectivity index (χ3v) is 1.63. The maximum Gasteiger partial charge on any atom is 0.185 e. The molecule has 0 saturated heterocycles. The minimum atomic E-state index is -0.0513. The molecule has 86 valence electrons. The molecular weight excluding hydrogens is 192 g/mol. The van der Waals surface area contributed by atoms with Gasteiger partial charge in [0.2, 0.25) is 0 Å². The molecule has 0 aliphatic heterocycles. The Kier molecular flexibility index (Phi) is 6.17. The molecule has 5 nitrogen and oxygen atoms in total. The molecule has 0 aromatic heterocycles. The Hall–Kier alpha value is -1.52. The van der Waals surface area contributed by atoms with Gasteiger partial charge >= 0.3 is 0 Å². The number of guanidine groups is 1. The number of ketones is 1. The van der Waals surface area contributed by atoms with E-state index in [-0.39, 0.29) is 17.8 Å². The second-order valence-electron chi connectivity index (χ2n) is 3.60. The first-order valence-electron chi connectivity index (χ1n) is 4.99. The largest absolute Gasteiger partial charge is 0.380 e. The van der Waals surface area contributed by atoms with Crippen molar-refractivity contribution < 1.29 is 4.79 Å². The van der Waals surface area contributed by atoms with E-state index in [1.165, 1.54) is 6.92 Å². The lowest BCUT2D eigenvalue weighted by atomic mass is 10.2. The van der Waals surface area contributed by atoms with Gasteiger partial charge in [0.15, 0.2) is 11.7 Å². The number of nitrogens with one attached hydrogen (secondary N) is 3. The van der Waals surface area contributed by atoms with E-state index in [0.29, 0.717) is 18.7 Å². The molecule has 0 aliphatic carbocycles. The van der Waals surface area contributed by atoms with Gasteiger partial charge in [0.25, 0.3) is 0 Å². The van der Waals surface area contributed by atoms with Crippen molar-refractivity contribution in [2.24, 2.45) is 5.73 Å². The van der Waals surface area contributed by atoms with E-state index in [1.807, 2.05) is 19.9 Å². The maximum absolute atomic E-state index is 11.2. The highest BCUT2D eigenvalue weighted by Crippen LogP contribution is 1.96. The van der Waals surface area contributed by atoms with Crippen molar-refractivity contribution in [3.63, 3.8) is 0 Å². The number of hydrogen-bond donors (Lipinski definition) is 4. The van der Waals surface area contributed by atoms with E-state index in [4.69, 9.17) is 11.1 Å². The molecule has 0 aliphatic rings. The van der Waals surface area contributed by atoms with Crippen LogP contribution in [0.2, 0.25) is 0 Å². The normalized spacial score (nSPS) is 11.3. The van der Waals surface area contributed by atoms with Gasteiger partial charge in [-0.3, -0.25) is 10.2 Å². The number of rotatable bonds is 6. The summed E-state index contributed by atoms with van der Waals surface area (Å²) in [7, 11) is 0. The fraction of sp³-hybridized carbons (Fsp3) is 0.600. The van der Waals surface area contributed by atoms with Crippen LogP contribution < -0.4 is 16.4 Å². The number of Topliss-reactive ketones (excluding diaryl/α,β-unsaturated/α-hetero) is 1. The van der Waals surface area contributed by atoms with Crippen LogP contribution in [0.15, 0.2) is 11.8 Å². The first kappa shape index (κ1) is 13.5. The Morgan fingerprint density at radius 3 is 2.53 bits per heavy atom. The average Bonchev–Trinajstić information content (AvgIpc) is 2.08. The summed E-state index contributed by atoms with van der Waals surface area (Å²) in [5, 5.41) is 12.7. The van der Waals surface area contributed by atoms with Crippen LogP contribution in [-0.2, 0) is 4.79 Å². The number of allylic oxidation sites excluding steroid dienone is 1. The van der Waals surface area contributed by atoms with Crippen molar-refractivity contribution in [2.45, 2.75) is 33.2 Å². The summed E-state index contributed by atoms with van der Waals surface area (Å²) in [5.41, 5.74) is 5.74. The molecule has 0 spiro atoms. The summed E-state index contributed by atoms with van der Waals surface area (Å²) in [4.78, 5) is 11.2. The van der Waals surface area contributed by atoms with E-state index >= 15 is 0 Å². The predicted octanol–water partition coefficient (Wildman–Crippen LogP) is 0.330. The van der Waals surface area contributed by atoms with Crippen molar-refractivity contribution in [3.05, 3.63) is 11.8 Å². The number of carbonyl (C=O) groups excluding carboxylic acids is 1. The van der Waals surface area contributed by atoms with E-state index in [0.717, 1.165) is 0 Å². The quantitative estimate of drug-likeness (QED) is 0.221. The van der Waals surface area contributed by atoms with Crippen LogP contribution in [0, 0.1) is 5.41 Å². The summed E-state index contributed by atoms with van der Waals surface area (Å²) in [6.45, 7) is 6.04. The molecule has 5 N–H and O–H groups in total. The first-order chi connectivity index (χ1) is 6.93. The molecule has 0 aromatic rings. The Morgan fingerprint density at radius 2 is 2.13 bits per heavy atom. The van der Waals surface area contributed by atoms with Crippen LogP contribution in [0.25, 0.3) is 0 Å². The van der Waals surface area contributed by atoms with Crippen molar-refractivity contribution in [3.8, 4) is 0 Å². The van der Waals surface area contributed by atoms with Crippen molar-refractivity contribution in [1.29, 1.82) is 5.41 Å². The van der Waals surface area contributed by atoms with Gasteiger partial charge in [-0.15, -0.1) is 0 Å². The molecular formula is C10H20N4O. The molecule has 0 unspecified atom stereocenters. The zero-order chi connectivity index (χ0) is 11.8. The second-order valence-corrected chi connectivity index (χ2v) is 3.60. The number of carbonyl (C=O) groups is 1. The Balaban J connectivity index is 4.06. The molecule has 0 rings (SSSR count). The van der Waals surface area contributed by atoms with E-state index in [9.17, 15) is 4.79 Å². The molecule has 0 fully saturated rings. The van der Waals surface area contributed by atoms with Crippen molar-refractivity contribution >= 4 is 11.7 Å². The summed E-state index contributed by atoms with van der Waals surface area (Å²) in [6, 6.07) is 0.237. The van der Waals surface area contributed by atoms with E-state index in [2.05, 4.69) is 10.6 Å². The van der Waals surface area contributed by atoms with Crippen LogP contribution in [0.4, 0.5) is 0 Å². The molecule has 0 amide bonds. The molecule has 0 aromatic carbocycles. The predicted molar refractivity (Wildman–Crippen MR) is 61.6 cm³/mol. The summed E-state index contributed by atoms with van der Waals surface area (Å²) in [6.07, 6.45) is 2.48. The highest BCUT2D eigenvalue weighted by Gasteiger charge is 2.03. The number of hydrogen-bond acceptors (Lipinski definition) is 3. The lowest BCUT2D eigenvalue weighted by Crippen LogP contribution is -2.31. The van der Waals surface area contributed by atoms with Crippen LogP contribution in [0.3, 0.4) is 0 Å². The van der Waals surface area contributed by atoms with Gasteiger partial charge in [-0.2, -0.15) is 0 Å². The highest BCUT2D eigenvalue weighted by molar-refractivity contribution is 5.92. The van der Waals surface area contributed by atoms with E-state index in [1.54, 1.807) is 0 Å². The van der Waals surface area contributed by atoms with Gasteiger partial charge in [-0.25, -0.2) is 0 Å². The monoisotopic (exact) mass is 212 g/mol. The maximum atomic E-state index is 11.2. The lowest BCUT2D eigenvalue weighted by Gasteiger charge is -2.11. The average molecular weight is 212 g/mol. The highest BCUT2D eigenvalue weighted by atomic mass is 16.1. The minimum absolute atomic E-state index is 0.0199. The Morgan fingerprint density at radius 1 is 1.53 bits per heavy atom. The molecule has 15 heavy (non-hydrogen) atoms. The summed E-state index contributed by atoms with van der Waals surface area (Å²) in [5.74, 6) is -0.0314. The fourth-order valence-corrected chi connectivity index (χ4v) is 1.04. The Bertz CT molecular complexity index is 258. The fourth-order valence-electron chi connectivity index (χ4n) is 1.04. The smallest absolute Gasteiger partial charge is 0.185 e. The molecule has 0 bridgehead atoms.